The molecule has 0 bridgehead atoms. The Hall–Kier alpha value is -3.44. The summed E-state index contributed by atoms with van der Waals surface area (Å²) in [5.74, 6) is 0.553. The molecule has 2 heterocycles. The summed E-state index contributed by atoms with van der Waals surface area (Å²) in [4.78, 5) is 14.1. The Morgan fingerprint density at radius 2 is 1.81 bits per heavy atom. The average Bonchev–Trinajstić information content (AvgIpc) is 2.81. The summed E-state index contributed by atoms with van der Waals surface area (Å²) in [6.45, 7) is 4.02. The lowest BCUT2D eigenvalue weighted by Crippen LogP contribution is -3.12. The van der Waals surface area contributed by atoms with Gasteiger partial charge in [0.1, 0.15) is 18.1 Å². The first kappa shape index (κ1) is 20.5. The Labute approximate surface area is 185 Å². The van der Waals surface area contributed by atoms with Crippen LogP contribution in [0.5, 0.6) is 5.75 Å². The Morgan fingerprint density at radius 3 is 2.62 bits per heavy atom. The number of hydrogen-bond donors (Lipinski definition) is 1. The second-order valence-corrected chi connectivity index (χ2v) is 8.42. The van der Waals surface area contributed by atoms with Gasteiger partial charge in [-0.05, 0) is 47.9 Å². The molecule has 1 aliphatic rings. The van der Waals surface area contributed by atoms with Crippen molar-refractivity contribution in [2.75, 3.05) is 13.3 Å². The Morgan fingerprint density at radius 1 is 1.00 bits per heavy atom. The first-order chi connectivity index (χ1) is 15.6. The van der Waals surface area contributed by atoms with Crippen molar-refractivity contribution in [2.24, 2.45) is 0 Å². The molecule has 0 radical (unpaired) electrons. The minimum absolute atomic E-state index is 0.215. The largest absolute Gasteiger partial charge is 0.445 e. The summed E-state index contributed by atoms with van der Waals surface area (Å²) in [5.41, 5.74) is 4.94. The third kappa shape index (κ3) is 4.04. The zero-order valence-corrected chi connectivity index (χ0v) is 18.0. The van der Waals surface area contributed by atoms with Gasteiger partial charge in [0, 0.05) is 23.8 Å². The van der Waals surface area contributed by atoms with E-state index in [1.165, 1.54) is 11.0 Å². The smallest absolute Gasteiger partial charge is 0.340 e. The van der Waals surface area contributed by atoms with Crippen molar-refractivity contribution in [3.05, 3.63) is 111 Å². The minimum Gasteiger partial charge on any atom is -0.445 e. The molecule has 162 valence electrons. The molecule has 0 fully saturated rings. The van der Waals surface area contributed by atoms with Gasteiger partial charge in [0.2, 0.25) is 6.73 Å². The SMILES string of the molecule is Cc1c(Cc2ccccc2)c(=O)oc2c3c(ccc12)OC[NH+](CCc1cccc(F)c1)C3. The number of ether oxygens (including phenoxy) is 1. The molecule has 1 aliphatic heterocycles. The molecule has 1 aromatic heterocycles. The van der Waals surface area contributed by atoms with Gasteiger partial charge < -0.3 is 9.15 Å². The quantitative estimate of drug-likeness (QED) is 0.490. The molecule has 4 aromatic rings. The van der Waals surface area contributed by atoms with E-state index in [2.05, 4.69) is 0 Å². The van der Waals surface area contributed by atoms with E-state index in [4.69, 9.17) is 9.15 Å². The van der Waals surface area contributed by atoms with Crippen molar-refractivity contribution < 1.29 is 18.4 Å². The van der Waals surface area contributed by atoms with Crippen LogP contribution in [0.3, 0.4) is 0 Å². The first-order valence-electron chi connectivity index (χ1n) is 10.9. The third-order valence-electron chi connectivity index (χ3n) is 6.25. The zero-order valence-electron chi connectivity index (χ0n) is 18.0. The highest BCUT2D eigenvalue weighted by atomic mass is 19.1. The maximum atomic E-state index is 13.5. The summed E-state index contributed by atoms with van der Waals surface area (Å²) < 4.78 is 25.3. The number of fused-ring (bicyclic) bond motifs is 3. The predicted molar refractivity (Wildman–Crippen MR) is 122 cm³/mol. The average molecular weight is 430 g/mol. The maximum Gasteiger partial charge on any atom is 0.340 e. The lowest BCUT2D eigenvalue weighted by Gasteiger charge is -2.26. The fourth-order valence-electron chi connectivity index (χ4n) is 4.45. The molecule has 0 saturated heterocycles. The summed E-state index contributed by atoms with van der Waals surface area (Å²) in [7, 11) is 0. The summed E-state index contributed by atoms with van der Waals surface area (Å²) in [6, 6.07) is 20.6. The van der Waals surface area contributed by atoms with Crippen LogP contribution in [0.2, 0.25) is 0 Å². The Kier molecular flexibility index (Phi) is 5.50. The van der Waals surface area contributed by atoms with Crippen LogP contribution in [-0.2, 0) is 19.4 Å². The van der Waals surface area contributed by atoms with Gasteiger partial charge in [-0.2, -0.15) is 0 Å². The van der Waals surface area contributed by atoms with Crippen molar-refractivity contribution in [2.45, 2.75) is 26.3 Å². The van der Waals surface area contributed by atoms with E-state index in [1.54, 1.807) is 12.1 Å². The van der Waals surface area contributed by atoms with Crippen LogP contribution >= 0.6 is 0 Å². The van der Waals surface area contributed by atoms with E-state index in [0.717, 1.165) is 46.4 Å². The highest BCUT2D eigenvalue weighted by Gasteiger charge is 2.25. The predicted octanol–water partition coefficient (Wildman–Crippen LogP) is 3.81. The number of quaternary nitrogens is 1. The molecule has 0 aliphatic carbocycles. The molecule has 32 heavy (non-hydrogen) atoms. The van der Waals surface area contributed by atoms with Crippen molar-refractivity contribution >= 4 is 11.0 Å². The minimum atomic E-state index is -0.292. The van der Waals surface area contributed by atoms with Gasteiger partial charge in [0.05, 0.1) is 12.1 Å². The van der Waals surface area contributed by atoms with Gasteiger partial charge >= 0.3 is 5.63 Å². The lowest BCUT2D eigenvalue weighted by molar-refractivity contribution is -0.932. The van der Waals surface area contributed by atoms with Crippen LogP contribution in [0.25, 0.3) is 11.0 Å². The number of benzene rings is 3. The summed E-state index contributed by atoms with van der Waals surface area (Å²) in [6.07, 6.45) is 1.30. The van der Waals surface area contributed by atoms with E-state index < -0.39 is 0 Å². The molecule has 3 aromatic carbocycles. The summed E-state index contributed by atoms with van der Waals surface area (Å²) >= 11 is 0. The molecule has 1 unspecified atom stereocenters. The monoisotopic (exact) mass is 430 g/mol. The summed E-state index contributed by atoms with van der Waals surface area (Å²) in [5, 5.41) is 0.948. The fourth-order valence-corrected chi connectivity index (χ4v) is 4.45. The van der Waals surface area contributed by atoms with Crippen LogP contribution in [-0.4, -0.2) is 13.3 Å². The Balaban J connectivity index is 1.44. The van der Waals surface area contributed by atoms with Crippen molar-refractivity contribution in [3.63, 3.8) is 0 Å². The number of nitrogens with one attached hydrogen (secondary N) is 1. The molecule has 5 rings (SSSR count). The molecule has 1 N–H and O–H groups in total. The van der Waals surface area contributed by atoms with Gasteiger partial charge in [0.25, 0.3) is 0 Å². The van der Waals surface area contributed by atoms with Crippen LogP contribution < -0.4 is 15.3 Å². The molecule has 4 nitrogen and oxygen atoms in total. The van der Waals surface area contributed by atoms with E-state index in [0.29, 0.717) is 30.8 Å². The molecule has 1 atom stereocenters. The molecule has 0 saturated carbocycles. The van der Waals surface area contributed by atoms with Gasteiger partial charge in [-0.25, -0.2) is 9.18 Å². The standard InChI is InChI=1S/C27H24FNO3/c1-18-22-10-11-25-24(16-29(17-31-25)13-12-20-8-5-9-21(28)14-20)26(22)32-27(30)23(18)15-19-6-3-2-4-7-19/h2-11,14H,12-13,15-17H2,1H3/p+1. The Bertz CT molecular complexity index is 1330. The van der Waals surface area contributed by atoms with Crippen LogP contribution in [0.4, 0.5) is 4.39 Å². The van der Waals surface area contributed by atoms with Gasteiger partial charge in [-0.1, -0.05) is 42.5 Å². The van der Waals surface area contributed by atoms with Crippen molar-refractivity contribution in [1.29, 1.82) is 0 Å². The van der Waals surface area contributed by atoms with E-state index in [9.17, 15) is 9.18 Å². The number of aryl methyl sites for hydroxylation is 1. The first-order valence-corrected chi connectivity index (χ1v) is 10.9. The normalized spacial score (nSPS) is 15.4. The van der Waals surface area contributed by atoms with E-state index in [-0.39, 0.29) is 11.4 Å². The molecular formula is C27H25FNO3+. The zero-order chi connectivity index (χ0) is 22.1. The second kappa shape index (κ2) is 8.60. The molecular weight excluding hydrogens is 405 g/mol. The molecule has 5 heteroatoms. The van der Waals surface area contributed by atoms with Gasteiger partial charge in [-0.15, -0.1) is 0 Å². The fraction of sp³-hybridized carbons (Fsp3) is 0.222. The van der Waals surface area contributed by atoms with Crippen LogP contribution in [0.15, 0.2) is 75.9 Å². The lowest BCUT2D eigenvalue weighted by atomic mass is 9.97. The van der Waals surface area contributed by atoms with Gasteiger partial charge in [-0.3, -0.25) is 4.90 Å². The number of halogens is 1. The number of rotatable bonds is 5. The topological polar surface area (TPSA) is 43.9 Å². The second-order valence-electron chi connectivity index (χ2n) is 8.42. The third-order valence-corrected chi connectivity index (χ3v) is 6.25. The van der Waals surface area contributed by atoms with Crippen molar-refractivity contribution in [1.82, 2.24) is 0 Å². The molecule has 0 amide bonds. The highest BCUT2D eigenvalue weighted by molar-refractivity contribution is 5.86. The highest BCUT2D eigenvalue weighted by Crippen LogP contribution is 2.31. The van der Waals surface area contributed by atoms with Crippen molar-refractivity contribution in [3.8, 4) is 5.75 Å². The van der Waals surface area contributed by atoms with Crippen LogP contribution in [0.1, 0.15) is 27.8 Å². The number of hydrogen-bond acceptors (Lipinski definition) is 3. The van der Waals surface area contributed by atoms with Gasteiger partial charge in [0.15, 0.2) is 5.58 Å². The van der Waals surface area contributed by atoms with E-state index >= 15 is 0 Å². The molecule has 0 spiro atoms. The van der Waals surface area contributed by atoms with Crippen LogP contribution in [0, 0.1) is 12.7 Å². The van der Waals surface area contributed by atoms with E-state index in [1.807, 2.05) is 55.5 Å². The maximum absolute atomic E-state index is 13.5.